The van der Waals surface area contributed by atoms with Gasteiger partial charge in [-0.15, -0.1) is 0 Å². The first-order valence-electron chi connectivity index (χ1n) is 15.5. The molecular weight excluding hydrogens is 520 g/mol. The number of carboxylic acid groups (broad SMARTS) is 1. The largest absolute Gasteiger partial charge is 0.493 e. The summed E-state index contributed by atoms with van der Waals surface area (Å²) in [6.45, 7) is 10.5. The molecule has 2 heterocycles. The zero-order valence-corrected chi connectivity index (χ0v) is 26.2. The van der Waals surface area contributed by atoms with E-state index in [-0.39, 0.29) is 30.3 Å². The van der Waals surface area contributed by atoms with E-state index in [4.69, 9.17) is 4.74 Å². The third-order valence-corrected chi connectivity index (χ3v) is 8.68. The molecule has 0 saturated carbocycles. The van der Waals surface area contributed by atoms with Crippen molar-refractivity contribution in [3.63, 3.8) is 0 Å². The SMILES string of the molecule is CCCCN(CCCC[N+](C)(C)C)C(=O)CN1C[C@H](c2ccc3c(c2)CCO3)[C@@H](C(=O)O)[C@@H]1CCN(CC)C(C)=O. The predicted octanol–water partition coefficient (Wildman–Crippen LogP) is 3.46. The van der Waals surface area contributed by atoms with Crippen LogP contribution in [0.15, 0.2) is 18.2 Å². The van der Waals surface area contributed by atoms with Crippen LogP contribution < -0.4 is 4.74 Å². The first-order chi connectivity index (χ1) is 19.4. The van der Waals surface area contributed by atoms with Crippen LogP contribution in [-0.4, -0.2) is 122 Å². The maximum atomic E-state index is 13.8. The molecule has 0 unspecified atom stereocenters. The zero-order valence-electron chi connectivity index (χ0n) is 26.2. The number of fused-ring (bicyclic) bond motifs is 1. The Hall–Kier alpha value is -2.65. The van der Waals surface area contributed by atoms with E-state index >= 15 is 0 Å². The van der Waals surface area contributed by atoms with Gasteiger partial charge in [0.1, 0.15) is 5.75 Å². The molecule has 1 N–H and O–H groups in total. The Morgan fingerprint density at radius 2 is 1.78 bits per heavy atom. The number of aliphatic carboxylic acids is 1. The maximum Gasteiger partial charge on any atom is 0.308 e. The summed E-state index contributed by atoms with van der Waals surface area (Å²) in [4.78, 5) is 44.6. The van der Waals surface area contributed by atoms with E-state index < -0.39 is 11.9 Å². The van der Waals surface area contributed by atoms with Crippen molar-refractivity contribution in [2.24, 2.45) is 5.92 Å². The van der Waals surface area contributed by atoms with Crippen LogP contribution in [0.2, 0.25) is 0 Å². The molecule has 1 fully saturated rings. The lowest BCUT2D eigenvalue weighted by molar-refractivity contribution is -0.870. The number of rotatable bonds is 16. The number of quaternary nitrogens is 1. The standard InChI is InChI=1S/C32H52N4O5/c1-7-9-16-34(17-10-11-19-36(4,5)6)30(38)23-35-22-27(25-12-13-29-26(21-25)15-20-41-29)31(32(39)40)28(35)14-18-33(8-2)24(3)37/h12-13,21,27-28,31H,7-11,14-20,22-23H2,1-6H3/p+1/t27-,28+,31-/m1/s1. The number of hydrogen-bond acceptors (Lipinski definition) is 5. The zero-order chi connectivity index (χ0) is 30.2. The summed E-state index contributed by atoms with van der Waals surface area (Å²) in [5, 5.41) is 10.5. The fourth-order valence-electron chi connectivity index (χ4n) is 6.33. The number of hydrogen-bond donors (Lipinski definition) is 1. The van der Waals surface area contributed by atoms with Crippen molar-refractivity contribution in [2.45, 2.75) is 71.3 Å². The second kappa shape index (κ2) is 15.0. The maximum absolute atomic E-state index is 13.8. The molecule has 41 heavy (non-hydrogen) atoms. The molecular formula is C32H53N4O5+. The van der Waals surface area contributed by atoms with Crippen molar-refractivity contribution >= 4 is 17.8 Å². The summed E-state index contributed by atoms with van der Waals surface area (Å²) in [7, 11) is 6.55. The van der Waals surface area contributed by atoms with Crippen molar-refractivity contribution in [1.82, 2.24) is 14.7 Å². The van der Waals surface area contributed by atoms with E-state index in [1.165, 1.54) is 0 Å². The van der Waals surface area contributed by atoms with Gasteiger partial charge in [-0.3, -0.25) is 19.3 Å². The van der Waals surface area contributed by atoms with Gasteiger partial charge in [0.2, 0.25) is 11.8 Å². The van der Waals surface area contributed by atoms with Gasteiger partial charge in [0.25, 0.3) is 0 Å². The molecule has 3 atom stereocenters. The van der Waals surface area contributed by atoms with E-state index in [9.17, 15) is 19.5 Å². The predicted molar refractivity (Wildman–Crippen MR) is 161 cm³/mol. The fourth-order valence-corrected chi connectivity index (χ4v) is 6.33. The molecule has 1 aromatic carbocycles. The number of carboxylic acids is 1. The van der Waals surface area contributed by atoms with E-state index in [0.717, 1.165) is 73.1 Å². The van der Waals surface area contributed by atoms with Crippen molar-refractivity contribution in [2.75, 3.05) is 73.6 Å². The highest BCUT2D eigenvalue weighted by molar-refractivity contribution is 5.79. The molecule has 0 aliphatic carbocycles. The minimum absolute atomic E-state index is 0.0187. The summed E-state index contributed by atoms with van der Waals surface area (Å²) in [6, 6.07) is 5.70. The highest BCUT2D eigenvalue weighted by atomic mass is 16.5. The third-order valence-electron chi connectivity index (χ3n) is 8.68. The molecule has 2 aliphatic rings. The van der Waals surface area contributed by atoms with Crippen LogP contribution in [0.4, 0.5) is 0 Å². The molecule has 1 saturated heterocycles. The molecule has 2 amide bonds. The Balaban J connectivity index is 1.83. The van der Waals surface area contributed by atoms with Crippen LogP contribution >= 0.6 is 0 Å². The first kappa shape index (κ1) is 32.9. The monoisotopic (exact) mass is 573 g/mol. The highest BCUT2D eigenvalue weighted by Crippen LogP contribution is 2.41. The first-order valence-corrected chi connectivity index (χ1v) is 15.5. The molecule has 9 nitrogen and oxygen atoms in total. The quantitative estimate of drug-likeness (QED) is 0.241. The lowest BCUT2D eigenvalue weighted by Crippen LogP contribution is -2.46. The number of nitrogens with zero attached hydrogens (tertiary/aromatic N) is 4. The molecule has 0 bridgehead atoms. The number of benzene rings is 1. The van der Waals surface area contributed by atoms with Gasteiger partial charge in [-0.25, -0.2) is 0 Å². The van der Waals surface area contributed by atoms with Gasteiger partial charge in [-0.05, 0) is 49.8 Å². The van der Waals surface area contributed by atoms with E-state index in [2.05, 4.69) is 39.0 Å². The van der Waals surface area contributed by atoms with Crippen LogP contribution in [-0.2, 0) is 20.8 Å². The van der Waals surface area contributed by atoms with Gasteiger partial charge in [0.05, 0.1) is 46.8 Å². The number of unbranched alkanes of at least 4 members (excludes halogenated alkanes) is 2. The number of carbonyl (C=O) groups excluding carboxylic acids is 2. The van der Waals surface area contributed by atoms with Crippen LogP contribution in [0, 0.1) is 5.92 Å². The Morgan fingerprint density at radius 3 is 2.41 bits per heavy atom. The van der Waals surface area contributed by atoms with E-state index in [0.29, 0.717) is 32.7 Å². The van der Waals surface area contributed by atoms with Gasteiger partial charge < -0.3 is 24.1 Å². The van der Waals surface area contributed by atoms with Gasteiger partial charge in [0.15, 0.2) is 0 Å². The topological polar surface area (TPSA) is 90.4 Å². The number of likely N-dealkylation sites (tertiary alicyclic amines) is 1. The van der Waals surface area contributed by atoms with E-state index in [1.54, 1.807) is 11.8 Å². The summed E-state index contributed by atoms with van der Waals surface area (Å²) in [5.74, 6) is -0.825. The minimum atomic E-state index is -0.847. The van der Waals surface area contributed by atoms with E-state index in [1.807, 2.05) is 24.0 Å². The van der Waals surface area contributed by atoms with Crippen LogP contribution in [0.1, 0.15) is 69.9 Å². The van der Waals surface area contributed by atoms with Crippen LogP contribution in [0.3, 0.4) is 0 Å². The second-order valence-electron chi connectivity index (χ2n) is 12.8. The van der Waals surface area contributed by atoms with Crippen molar-refractivity contribution in [3.05, 3.63) is 29.3 Å². The normalized spacial score (nSPS) is 20.5. The van der Waals surface area contributed by atoms with Gasteiger partial charge in [-0.1, -0.05) is 25.5 Å². The third kappa shape index (κ3) is 9.17. The summed E-state index contributed by atoms with van der Waals surface area (Å²) < 4.78 is 6.59. The summed E-state index contributed by atoms with van der Waals surface area (Å²) in [5.41, 5.74) is 2.11. The Morgan fingerprint density at radius 1 is 1.05 bits per heavy atom. The van der Waals surface area contributed by atoms with Gasteiger partial charge in [-0.2, -0.15) is 0 Å². The second-order valence-corrected chi connectivity index (χ2v) is 12.8. The lowest BCUT2D eigenvalue weighted by atomic mass is 9.83. The van der Waals surface area contributed by atoms with Crippen molar-refractivity contribution in [3.8, 4) is 5.75 Å². The molecule has 1 aromatic rings. The number of carbonyl (C=O) groups is 3. The summed E-state index contributed by atoms with van der Waals surface area (Å²) in [6.07, 6.45) is 5.31. The fraction of sp³-hybridized carbons (Fsp3) is 0.719. The molecule has 0 radical (unpaired) electrons. The summed E-state index contributed by atoms with van der Waals surface area (Å²) >= 11 is 0. The van der Waals surface area contributed by atoms with Crippen molar-refractivity contribution in [1.29, 1.82) is 0 Å². The Bertz CT molecular complexity index is 1040. The highest BCUT2D eigenvalue weighted by Gasteiger charge is 2.47. The van der Waals surface area contributed by atoms with Gasteiger partial charge >= 0.3 is 5.97 Å². The number of ether oxygens (including phenoxy) is 1. The van der Waals surface area contributed by atoms with Crippen molar-refractivity contribution < 1.29 is 28.7 Å². The van der Waals surface area contributed by atoms with Crippen LogP contribution in [0.25, 0.3) is 0 Å². The molecule has 2 aliphatic heterocycles. The lowest BCUT2D eigenvalue weighted by Gasteiger charge is -2.31. The molecule has 0 aromatic heterocycles. The minimum Gasteiger partial charge on any atom is -0.493 e. The van der Waals surface area contributed by atoms with Crippen LogP contribution in [0.5, 0.6) is 5.75 Å². The van der Waals surface area contributed by atoms with Gasteiger partial charge in [0, 0.05) is 58.0 Å². The molecule has 0 spiro atoms. The number of amides is 2. The molecule has 230 valence electrons. The molecule has 3 rings (SSSR count). The molecule has 9 heteroatoms. The average molecular weight is 574 g/mol. The average Bonchev–Trinajstić information content (AvgIpc) is 3.52. The Labute approximate surface area is 247 Å². The smallest absolute Gasteiger partial charge is 0.308 e. The Kier molecular flexibility index (Phi) is 12.0.